The van der Waals surface area contributed by atoms with Gasteiger partial charge >= 0.3 is 0 Å². The summed E-state index contributed by atoms with van der Waals surface area (Å²) in [6, 6.07) is 0. The van der Waals surface area contributed by atoms with Gasteiger partial charge in [0, 0.05) is 4.91 Å². The molecule has 0 amide bonds. The van der Waals surface area contributed by atoms with Gasteiger partial charge in [0.15, 0.2) is 12.4 Å². The van der Waals surface area contributed by atoms with E-state index < -0.39 is 37.3 Å². The van der Waals surface area contributed by atoms with Gasteiger partial charge in [-0.2, -0.15) is 0 Å². The van der Waals surface area contributed by atoms with Crippen molar-refractivity contribution in [2.45, 2.75) is 30.7 Å². The van der Waals surface area contributed by atoms with Crippen LogP contribution in [0.15, 0.2) is 5.28 Å². The van der Waals surface area contributed by atoms with Gasteiger partial charge in [-0.25, -0.2) is 0 Å². The van der Waals surface area contributed by atoms with Crippen molar-refractivity contribution in [3.63, 3.8) is 0 Å². The number of aliphatic hydroxyl groups excluding tert-OH is 4. The summed E-state index contributed by atoms with van der Waals surface area (Å²) in [6.07, 6.45) is -7.04. The molecule has 1 aliphatic rings. The maximum Gasteiger partial charge on any atom is 0.196 e. The van der Waals surface area contributed by atoms with Crippen LogP contribution in [0.5, 0.6) is 0 Å². The van der Waals surface area contributed by atoms with Gasteiger partial charge in [-0.15, -0.1) is 0 Å². The van der Waals surface area contributed by atoms with E-state index in [1.807, 2.05) is 0 Å². The Bertz CT molecular complexity index is 257. The van der Waals surface area contributed by atoms with E-state index in [-0.39, 0.29) is 0 Å². The fourth-order valence-corrected chi connectivity index (χ4v) is 1.26. The van der Waals surface area contributed by atoms with Gasteiger partial charge in [-0.05, 0) is 5.53 Å². The summed E-state index contributed by atoms with van der Waals surface area (Å²) in [5.74, 6) is 0. The van der Waals surface area contributed by atoms with Crippen LogP contribution in [0.1, 0.15) is 0 Å². The molecule has 86 valence electrons. The molecule has 1 aliphatic heterocycles. The smallest absolute Gasteiger partial charge is 0.196 e. The summed E-state index contributed by atoms with van der Waals surface area (Å²) < 4.78 is 4.72. The molecule has 0 bridgehead atoms. The highest BCUT2D eigenvalue weighted by atomic mass is 16.7. The second-order valence-electron chi connectivity index (χ2n) is 2.97. The zero-order valence-electron chi connectivity index (χ0n) is 7.54. The first-order valence-electron chi connectivity index (χ1n) is 4.12. The van der Waals surface area contributed by atoms with Crippen LogP contribution in [-0.4, -0.2) is 57.7 Å². The number of hydrogen-bond acceptors (Lipinski definition) is 7. The van der Waals surface area contributed by atoms with E-state index >= 15 is 0 Å². The zero-order chi connectivity index (χ0) is 11.4. The lowest BCUT2D eigenvalue weighted by atomic mass is 9.99. The van der Waals surface area contributed by atoms with Crippen molar-refractivity contribution in [1.82, 2.24) is 0 Å². The lowest BCUT2D eigenvalue weighted by Gasteiger charge is -2.38. The average Bonchev–Trinajstić information content (AvgIpc) is 2.23. The second kappa shape index (κ2) is 5.12. The lowest BCUT2D eigenvalue weighted by molar-refractivity contribution is -0.297. The van der Waals surface area contributed by atoms with Crippen LogP contribution in [-0.2, 0) is 9.57 Å². The van der Waals surface area contributed by atoms with E-state index in [4.69, 9.17) is 15.4 Å². The molecule has 0 aromatic rings. The monoisotopic (exact) mass is 221 g/mol. The van der Waals surface area contributed by atoms with Crippen molar-refractivity contribution in [1.29, 1.82) is 0 Å². The van der Waals surface area contributed by atoms with Gasteiger partial charge in [0.25, 0.3) is 0 Å². The van der Waals surface area contributed by atoms with Crippen molar-refractivity contribution in [2.75, 3.05) is 6.61 Å². The minimum atomic E-state index is -1.59. The number of azide groups is 1. The Morgan fingerprint density at radius 3 is 2.53 bits per heavy atom. The number of aliphatic hydroxyl groups is 4. The van der Waals surface area contributed by atoms with Crippen molar-refractivity contribution in [3.8, 4) is 0 Å². The average molecular weight is 221 g/mol. The molecule has 0 aromatic heterocycles. The lowest BCUT2D eigenvalue weighted by Crippen LogP contribution is -2.58. The molecule has 0 aromatic carbocycles. The van der Waals surface area contributed by atoms with Gasteiger partial charge in [0.1, 0.15) is 23.6 Å². The SMILES string of the molecule is [N-]=[N+]=NO[C@H]1C(O)O[C@H](CO)[C@@H](O)[C@@H]1O. The van der Waals surface area contributed by atoms with E-state index in [0.717, 1.165) is 0 Å². The van der Waals surface area contributed by atoms with Crippen LogP contribution >= 0.6 is 0 Å². The Labute approximate surface area is 84.0 Å². The summed E-state index contributed by atoms with van der Waals surface area (Å²) in [5, 5.41) is 39.5. The van der Waals surface area contributed by atoms with Gasteiger partial charge < -0.3 is 30.0 Å². The van der Waals surface area contributed by atoms with Gasteiger partial charge in [0.2, 0.25) is 0 Å². The maximum absolute atomic E-state index is 9.43. The van der Waals surface area contributed by atoms with Crippen molar-refractivity contribution >= 4 is 0 Å². The molecule has 0 saturated carbocycles. The van der Waals surface area contributed by atoms with Crippen LogP contribution in [0, 0.1) is 0 Å². The third-order valence-corrected chi connectivity index (χ3v) is 2.05. The highest BCUT2D eigenvalue weighted by molar-refractivity contribution is 4.88. The number of ether oxygens (including phenoxy) is 1. The maximum atomic E-state index is 9.43. The number of nitrogens with zero attached hydrogens (tertiary/aromatic N) is 3. The topological polar surface area (TPSA) is 148 Å². The molecule has 9 nitrogen and oxygen atoms in total. The summed E-state index contributed by atoms with van der Waals surface area (Å²) in [5.41, 5.74) is 7.96. The molecule has 1 unspecified atom stereocenters. The van der Waals surface area contributed by atoms with Crippen LogP contribution in [0.2, 0.25) is 0 Å². The number of hydrogen-bond donors (Lipinski definition) is 4. The van der Waals surface area contributed by atoms with E-state index in [1.54, 1.807) is 0 Å². The van der Waals surface area contributed by atoms with Crippen LogP contribution in [0.3, 0.4) is 0 Å². The van der Waals surface area contributed by atoms with Crippen molar-refractivity contribution < 1.29 is 30.0 Å². The van der Waals surface area contributed by atoms with E-state index in [0.29, 0.717) is 0 Å². The molecule has 9 heteroatoms. The Kier molecular flexibility index (Phi) is 4.09. The Balaban J connectivity index is 2.69. The first-order chi connectivity index (χ1) is 7.11. The Morgan fingerprint density at radius 1 is 1.33 bits per heavy atom. The van der Waals surface area contributed by atoms with E-state index in [2.05, 4.69) is 15.0 Å². The first-order valence-corrected chi connectivity index (χ1v) is 4.12. The Morgan fingerprint density at radius 2 is 2.00 bits per heavy atom. The third-order valence-electron chi connectivity index (χ3n) is 2.05. The Hall–Kier alpha value is -1.09. The fourth-order valence-electron chi connectivity index (χ4n) is 1.26. The first kappa shape index (κ1) is 12.0. The van der Waals surface area contributed by atoms with E-state index in [1.165, 1.54) is 0 Å². The minimum absolute atomic E-state index is 0.566. The molecule has 15 heavy (non-hydrogen) atoms. The molecule has 0 radical (unpaired) electrons. The van der Waals surface area contributed by atoms with Gasteiger partial charge in [0.05, 0.1) is 6.61 Å². The third kappa shape index (κ3) is 2.48. The molecule has 1 rings (SSSR count). The standard InChI is InChI=1S/C6H11N3O6/c7-8-9-15-5-4(12)3(11)2(1-10)14-6(5)13/h2-6,10-13H,1H2/t2-,3-,4+,5-,6?/m1/s1. The quantitative estimate of drug-likeness (QED) is 0.188. The number of rotatable bonds is 3. The predicted octanol–water partition coefficient (Wildman–Crippen LogP) is -1.97. The van der Waals surface area contributed by atoms with Gasteiger partial charge in [-0.3, -0.25) is 0 Å². The van der Waals surface area contributed by atoms with Crippen LogP contribution in [0.25, 0.3) is 10.4 Å². The summed E-state index contributed by atoms with van der Waals surface area (Å²) in [7, 11) is 0. The highest BCUT2D eigenvalue weighted by Gasteiger charge is 2.45. The zero-order valence-corrected chi connectivity index (χ0v) is 7.54. The fraction of sp³-hybridized carbons (Fsp3) is 1.00. The molecule has 5 atom stereocenters. The van der Waals surface area contributed by atoms with Crippen molar-refractivity contribution in [2.24, 2.45) is 5.28 Å². The molecule has 1 fully saturated rings. The molecular formula is C6H11N3O6. The molecule has 4 N–H and O–H groups in total. The highest BCUT2D eigenvalue weighted by Crippen LogP contribution is 2.22. The van der Waals surface area contributed by atoms with Gasteiger partial charge in [-0.1, -0.05) is 0 Å². The van der Waals surface area contributed by atoms with E-state index in [9.17, 15) is 15.3 Å². The molecular weight excluding hydrogens is 210 g/mol. The molecule has 1 heterocycles. The molecule has 0 aliphatic carbocycles. The normalized spacial score (nSPS) is 40.7. The second-order valence-corrected chi connectivity index (χ2v) is 2.97. The minimum Gasteiger partial charge on any atom is -0.422 e. The summed E-state index contributed by atoms with van der Waals surface area (Å²) in [6.45, 7) is -0.566. The predicted molar refractivity (Wildman–Crippen MR) is 44.0 cm³/mol. The molecule has 0 spiro atoms. The van der Waals surface area contributed by atoms with Crippen LogP contribution in [0.4, 0.5) is 0 Å². The summed E-state index contributed by atoms with van der Waals surface area (Å²) in [4.78, 5) is 6.62. The van der Waals surface area contributed by atoms with Crippen molar-refractivity contribution in [3.05, 3.63) is 10.4 Å². The largest absolute Gasteiger partial charge is 0.422 e. The molecule has 1 saturated heterocycles. The summed E-state index contributed by atoms with van der Waals surface area (Å²) >= 11 is 0. The van der Waals surface area contributed by atoms with Crippen LogP contribution < -0.4 is 0 Å².